The molecule has 4 N–H and O–H groups in total. The summed E-state index contributed by atoms with van der Waals surface area (Å²) in [5.41, 5.74) is 0. The van der Waals surface area contributed by atoms with E-state index in [1.807, 2.05) is 0 Å². The van der Waals surface area contributed by atoms with Crippen LogP contribution in [0.1, 0.15) is 298 Å². The molecule has 0 spiro atoms. The third-order valence-corrected chi connectivity index (χ3v) is 12.0. The van der Waals surface area contributed by atoms with Crippen molar-refractivity contribution < 1.29 is 24.0 Å². The van der Waals surface area contributed by atoms with E-state index in [1.165, 1.54) is 270 Å². The van der Waals surface area contributed by atoms with Crippen LogP contribution >= 0.6 is 7.82 Å². The average molecular weight is 862 g/mol. The Hall–Kier alpha value is 0.0300. The maximum absolute atomic E-state index is 8.88. The van der Waals surface area contributed by atoms with E-state index in [2.05, 4.69) is 46.9 Å². The summed E-state index contributed by atoms with van der Waals surface area (Å²) in [5, 5.41) is 3.57. The fraction of sp³-hybridized carbons (Fsp3) is 1.00. The smallest absolute Gasteiger partial charge is 0.381 e. The van der Waals surface area contributed by atoms with Crippen molar-refractivity contribution in [3.63, 3.8) is 0 Å². The highest BCUT2D eigenvalue weighted by atomic mass is 31.2. The summed E-state index contributed by atoms with van der Waals surface area (Å²) >= 11 is 0. The lowest BCUT2D eigenvalue weighted by molar-refractivity contribution is 0.0587. The van der Waals surface area contributed by atoms with Crippen LogP contribution in [0.25, 0.3) is 0 Å². The molecule has 0 saturated heterocycles. The molecule has 0 atom stereocenters. The lowest BCUT2D eigenvalue weighted by Gasteiger charge is -2.21. The van der Waals surface area contributed by atoms with Gasteiger partial charge < -0.3 is 24.7 Å². The first-order chi connectivity index (χ1) is 28.7. The van der Waals surface area contributed by atoms with Crippen molar-refractivity contribution in [2.75, 3.05) is 26.3 Å². The number of hydrogen-bond donors (Lipinski definition) is 4. The number of ether oxygens (including phenoxy) is 1. The highest BCUT2D eigenvalue weighted by molar-refractivity contribution is 7.45. The predicted molar refractivity (Wildman–Crippen MR) is 264 cm³/mol. The summed E-state index contributed by atoms with van der Waals surface area (Å²) in [6.07, 6.45) is 56.6. The van der Waals surface area contributed by atoms with Crippen LogP contribution in [0.2, 0.25) is 0 Å². The Morgan fingerprint density at radius 3 is 0.746 bits per heavy atom. The van der Waals surface area contributed by atoms with Gasteiger partial charge in [0.2, 0.25) is 0 Å². The molecule has 0 aliphatic heterocycles. The van der Waals surface area contributed by atoms with Crippen LogP contribution < -0.4 is 5.32 Å². The van der Waals surface area contributed by atoms with Gasteiger partial charge in [-0.15, -0.1) is 0 Å². The molecular weight excluding hydrogens is 750 g/mol. The third-order valence-electron chi connectivity index (χ3n) is 12.0. The van der Waals surface area contributed by atoms with E-state index < -0.39 is 7.82 Å². The lowest BCUT2D eigenvalue weighted by Crippen LogP contribution is -2.16. The zero-order chi connectivity index (χ0) is 44.2. The molecule has 0 fully saturated rings. The van der Waals surface area contributed by atoms with Crippen molar-refractivity contribution in [2.24, 2.45) is 11.8 Å². The first-order valence-corrected chi connectivity index (χ1v) is 28.3. The normalized spacial score (nSPS) is 11.6. The number of hydrogen-bond acceptors (Lipinski definition) is 3. The maximum atomic E-state index is 8.88. The van der Waals surface area contributed by atoms with Crippen molar-refractivity contribution in [2.45, 2.75) is 298 Å². The predicted octanol–water partition coefficient (Wildman–Crippen LogP) is 17.6. The Bertz CT molecular complexity index is 675. The molecule has 6 nitrogen and oxygen atoms in total. The fourth-order valence-corrected chi connectivity index (χ4v) is 8.06. The Balaban J connectivity index is -0.00000117. The summed E-state index contributed by atoms with van der Waals surface area (Å²) in [6.45, 7) is 18.4. The van der Waals surface area contributed by atoms with Crippen LogP contribution in [0.15, 0.2) is 0 Å². The van der Waals surface area contributed by atoms with E-state index in [0.717, 1.165) is 25.0 Å². The molecule has 0 aromatic carbocycles. The van der Waals surface area contributed by atoms with E-state index in [1.54, 1.807) is 0 Å². The fourth-order valence-electron chi connectivity index (χ4n) is 8.06. The Morgan fingerprint density at radius 2 is 0.525 bits per heavy atom. The van der Waals surface area contributed by atoms with Gasteiger partial charge in [0.1, 0.15) is 0 Å². The van der Waals surface area contributed by atoms with Crippen LogP contribution in [-0.4, -0.2) is 41.0 Å². The molecule has 0 saturated carbocycles. The van der Waals surface area contributed by atoms with Gasteiger partial charge in [0.05, 0.1) is 0 Å². The minimum atomic E-state index is -4.64. The Morgan fingerprint density at radius 1 is 0.339 bits per heavy atom. The molecule has 7 heteroatoms. The molecule has 0 heterocycles. The molecule has 360 valence electrons. The second-order valence-electron chi connectivity index (χ2n) is 18.3. The highest BCUT2D eigenvalue weighted by Gasteiger charge is 2.13. The van der Waals surface area contributed by atoms with E-state index in [-0.39, 0.29) is 0 Å². The molecule has 0 aromatic heterocycles. The van der Waals surface area contributed by atoms with Crippen LogP contribution in [-0.2, 0) is 9.30 Å². The van der Waals surface area contributed by atoms with Crippen LogP contribution in [0.5, 0.6) is 0 Å². The molecule has 59 heavy (non-hydrogen) atoms. The summed E-state index contributed by atoms with van der Waals surface area (Å²) in [5.74, 6) is 1.61. The number of unbranched alkanes of at least 4 members (excludes halogenated alkanes) is 30. The summed E-state index contributed by atoms with van der Waals surface area (Å²) in [7, 11) is -4.64. The van der Waals surface area contributed by atoms with Crippen LogP contribution in [0, 0.1) is 11.8 Å². The highest BCUT2D eigenvalue weighted by Crippen LogP contribution is 2.26. The molecule has 0 aromatic rings. The van der Waals surface area contributed by atoms with E-state index in [0.29, 0.717) is 0 Å². The van der Waals surface area contributed by atoms with Gasteiger partial charge in [0.25, 0.3) is 0 Å². The summed E-state index contributed by atoms with van der Waals surface area (Å²) in [6, 6.07) is 0. The molecule has 0 amide bonds. The summed E-state index contributed by atoms with van der Waals surface area (Å²) < 4.78 is 15.4. The number of rotatable bonds is 46. The quantitative estimate of drug-likeness (QED) is 0.0359. The molecular formula is C52H112NO5P. The van der Waals surface area contributed by atoms with E-state index in [4.69, 9.17) is 24.0 Å². The van der Waals surface area contributed by atoms with Crippen LogP contribution in [0.4, 0.5) is 0 Å². The van der Waals surface area contributed by atoms with Crippen molar-refractivity contribution >= 4 is 7.82 Å². The SMILES string of the molecule is CCCCCCCCC(CCCCCCCC)COCC(CCCCCCCC)CCCCCCCC.CCCCCCCCNCCCCCCCC.O=P(O)(O)O. The Labute approximate surface area is 372 Å². The average Bonchev–Trinajstić information content (AvgIpc) is 3.21. The van der Waals surface area contributed by atoms with Gasteiger partial charge in [-0.1, -0.05) is 260 Å². The molecule has 0 aliphatic rings. The molecule has 0 rings (SSSR count). The first-order valence-electron chi connectivity index (χ1n) is 26.8. The number of phosphoric acid groups is 1. The minimum absolute atomic E-state index is 0.807. The molecule has 0 bridgehead atoms. The maximum Gasteiger partial charge on any atom is 0.466 e. The molecule has 0 aliphatic carbocycles. The van der Waals surface area contributed by atoms with Crippen molar-refractivity contribution in [3.05, 3.63) is 0 Å². The van der Waals surface area contributed by atoms with Gasteiger partial charge >= 0.3 is 7.82 Å². The third kappa shape index (κ3) is 67.3. The zero-order valence-corrected chi connectivity index (χ0v) is 42.3. The topological polar surface area (TPSA) is 99.0 Å². The zero-order valence-electron chi connectivity index (χ0n) is 41.4. The lowest BCUT2D eigenvalue weighted by atomic mass is 9.93. The van der Waals surface area contributed by atoms with Gasteiger partial charge in [-0.2, -0.15) is 0 Å². The number of nitrogens with one attached hydrogen (secondary N) is 1. The van der Waals surface area contributed by atoms with Crippen LogP contribution in [0.3, 0.4) is 0 Å². The molecule has 0 radical (unpaired) electrons. The van der Waals surface area contributed by atoms with Gasteiger partial charge in [0, 0.05) is 13.2 Å². The second kappa shape index (κ2) is 56.0. The summed E-state index contributed by atoms with van der Waals surface area (Å²) in [4.78, 5) is 21.6. The van der Waals surface area contributed by atoms with Crippen molar-refractivity contribution in [1.29, 1.82) is 0 Å². The van der Waals surface area contributed by atoms with Crippen molar-refractivity contribution in [3.8, 4) is 0 Å². The Kier molecular flexibility index (Phi) is 60.2. The minimum Gasteiger partial charge on any atom is -0.381 e. The first kappa shape index (κ1) is 63.3. The molecule has 0 unspecified atom stereocenters. The largest absolute Gasteiger partial charge is 0.466 e. The van der Waals surface area contributed by atoms with E-state index >= 15 is 0 Å². The van der Waals surface area contributed by atoms with Gasteiger partial charge in [-0.3, -0.25) is 0 Å². The monoisotopic (exact) mass is 862 g/mol. The standard InChI is InChI=1S/C36H74O.C16H35N.H3O4P/c1-5-9-13-17-21-25-29-35(30-26-22-18-14-10-6-2)33-37-34-36(31-27-23-19-15-11-7-3)32-28-24-20-16-12-8-4;1-3-5-7-9-11-13-15-17-16-14-12-10-8-6-4-2;1-5(2,3)4/h35-36H,5-34H2,1-4H3;17H,3-16H2,1-2H3;(H3,1,2,3,4). The van der Waals surface area contributed by atoms with E-state index in [9.17, 15) is 0 Å². The van der Waals surface area contributed by atoms with Gasteiger partial charge in [-0.05, 0) is 63.5 Å². The van der Waals surface area contributed by atoms with Gasteiger partial charge in [-0.25, -0.2) is 4.57 Å². The van der Waals surface area contributed by atoms with Gasteiger partial charge in [0.15, 0.2) is 0 Å². The second-order valence-corrected chi connectivity index (χ2v) is 19.3. The van der Waals surface area contributed by atoms with Crippen molar-refractivity contribution in [1.82, 2.24) is 5.32 Å².